The summed E-state index contributed by atoms with van der Waals surface area (Å²) in [5.41, 5.74) is 0. The standard InChI is InChI=1S/C28H44O2Si/c1-4-6-8-10-11-14-20-26(3)30-31(27-21-15-12-16-22-27,28-23-17-13-18-24-28)29-25-19-9-7-5-2/h12-13,15-18,21-24,26H,4-11,14,19-20,25H2,1-3H3. The SMILES string of the molecule is CCCCCCCCC(C)O[Si](OCCCCCC)(c1ccccc1)c1ccccc1. The van der Waals surface area contributed by atoms with E-state index in [4.69, 9.17) is 8.85 Å². The summed E-state index contributed by atoms with van der Waals surface area (Å²) >= 11 is 0. The predicted molar refractivity (Wildman–Crippen MR) is 137 cm³/mol. The van der Waals surface area contributed by atoms with E-state index in [1.165, 1.54) is 68.2 Å². The third kappa shape index (κ3) is 8.92. The maximum atomic E-state index is 6.96. The first-order chi connectivity index (χ1) is 15.2. The highest BCUT2D eigenvalue weighted by Crippen LogP contribution is 2.18. The van der Waals surface area contributed by atoms with Crippen LogP contribution in [0.15, 0.2) is 60.7 Å². The van der Waals surface area contributed by atoms with Crippen LogP contribution in [0.25, 0.3) is 0 Å². The quantitative estimate of drug-likeness (QED) is 0.195. The fourth-order valence-corrected chi connectivity index (χ4v) is 7.50. The molecule has 2 nitrogen and oxygen atoms in total. The summed E-state index contributed by atoms with van der Waals surface area (Å²) in [6.45, 7) is 7.52. The Kier molecular flexibility index (Phi) is 12.8. The van der Waals surface area contributed by atoms with E-state index in [0.29, 0.717) is 0 Å². The lowest BCUT2D eigenvalue weighted by atomic mass is 10.1. The molecule has 1 atom stereocenters. The molecule has 3 heteroatoms. The van der Waals surface area contributed by atoms with E-state index in [2.05, 4.69) is 81.4 Å². The lowest BCUT2D eigenvalue weighted by molar-refractivity contribution is 0.132. The van der Waals surface area contributed by atoms with Crippen molar-refractivity contribution in [2.75, 3.05) is 6.61 Å². The monoisotopic (exact) mass is 440 g/mol. The summed E-state index contributed by atoms with van der Waals surface area (Å²) < 4.78 is 13.8. The minimum absolute atomic E-state index is 0.189. The first-order valence-electron chi connectivity index (χ1n) is 12.7. The zero-order chi connectivity index (χ0) is 22.2. The Bertz CT molecular complexity index is 634. The molecule has 0 spiro atoms. The molecule has 2 aromatic carbocycles. The Labute approximate surface area is 192 Å². The topological polar surface area (TPSA) is 18.5 Å². The van der Waals surface area contributed by atoms with Crippen molar-refractivity contribution in [3.05, 3.63) is 60.7 Å². The fourth-order valence-electron chi connectivity index (χ4n) is 4.12. The Hall–Kier alpha value is -1.42. The van der Waals surface area contributed by atoms with Crippen LogP contribution in [-0.4, -0.2) is 21.3 Å². The second kappa shape index (κ2) is 15.4. The van der Waals surface area contributed by atoms with Gasteiger partial charge in [0, 0.05) is 12.7 Å². The van der Waals surface area contributed by atoms with Crippen LogP contribution in [0.3, 0.4) is 0 Å². The molecular weight excluding hydrogens is 396 g/mol. The molecule has 0 saturated carbocycles. The van der Waals surface area contributed by atoms with E-state index in [1.54, 1.807) is 0 Å². The molecule has 31 heavy (non-hydrogen) atoms. The Morgan fingerprint density at radius 1 is 0.645 bits per heavy atom. The van der Waals surface area contributed by atoms with Crippen LogP contribution >= 0.6 is 0 Å². The van der Waals surface area contributed by atoms with Gasteiger partial charge < -0.3 is 8.85 Å². The van der Waals surface area contributed by atoms with Crippen molar-refractivity contribution in [3.63, 3.8) is 0 Å². The molecule has 172 valence electrons. The average molecular weight is 441 g/mol. The van der Waals surface area contributed by atoms with E-state index < -0.39 is 8.56 Å². The zero-order valence-corrected chi connectivity index (χ0v) is 21.2. The van der Waals surface area contributed by atoms with Gasteiger partial charge in [-0.2, -0.15) is 0 Å². The van der Waals surface area contributed by atoms with Crippen molar-refractivity contribution < 1.29 is 8.85 Å². The number of hydrogen-bond donors (Lipinski definition) is 0. The zero-order valence-electron chi connectivity index (χ0n) is 20.2. The second-order valence-corrected chi connectivity index (χ2v) is 11.7. The maximum absolute atomic E-state index is 6.96. The molecule has 0 amide bonds. The van der Waals surface area contributed by atoms with Crippen molar-refractivity contribution in [2.45, 2.75) is 97.5 Å². The molecule has 0 heterocycles. The Balaban J connectivity index is 2.15. The molecular formula is C28H44O2Si. The van der Waals surface area contributed by atoms with Crippen molar-refractivity contribution in [3.8, 4) is 0 Å². The van der Waals surface area contributed by atoms with Crippen LogP contribution in [0.4, 0.5) is 0 Å². The van der Waals surface area contributed by atoms with Crippen LogP contribution in [-0.2, 0) is 8.85 Å². The van der Waals surface area contributed by atoms with E-state index in [-0.39, 0.29) is 6.10 Å². The smallest absolute Gasteiger partial charge is 0.388 e. The average Bonchev–Trinajstić information content (AvgIpc) is 2.81. The van der Waals surface area contributed by atoms with Gasteiger partial charge in [-0.15, -0.1) is 0 Å². The Morgan fingerprint density at radius 2 is 1.13 bits per heavy atom. The van der Waals surface area contributed by atoms with Gasteiger partial charge in [-0.25, -0.2) is 0 Å². The van der Waals surface area contributed by atoms with Gasteiger partial charge in [0.25, 0.3) is 0 Å². The summed E-state index contributed by atoms with van der Waals surface area (Å²) in [4.78, 5) is 0. The minimum Gasteiger partial charge on any atom is -0.388 e. The summed E-state index contributed by atoms with van der Waals surface area (Å²) in [5, 5.41) is 2.43. The molecule has 0 aliphatic carbocycles. The lowest BCUT2D eigenvalue weighted by Gasteiger charge is -2.34. The summed E-state index contributed by atoms with van der Waals surface area (Å²) in [6.07, 6.45) is 14.0. The van der Waals surface area contributed by atoms with Crippen molar-refractivity contribution in [1.29, 1.82) is 0 Å². The molecule has 0 N–H and O–H groups in total. The number of hydrogen-bond acceptors (Lipinski definition) is 2. The predicted octanol–water partition coefficient (Wildman–Crippen LogP) is 7.00. The first-order valence-corrected chi connectivity index (χ1v) is 14.5. The van der Waals surface area contributed by atoms with Crippen LogP contribution in [0.2, 0.25) is 0 Å². The molecule has 0 aromatic heterocycles. The van der Waals surface area contributed by atoms with Gasteiger partial charge in [-0.3, -0.25) is 0 Å². The second-order valence-electron chi connectivity index (χ2n) is 8.74. The highest BCUT2D eigenvalue weighted by atomic mass is 28.4. The minimum atomic E-state index is -2.75. The van der Waals surface area contributed by atoms with Crippen molar-refractivity contribution in [1.82, 2.24) is 0 Å². The summed E-state index contributed by atoms with van der Waals surface area (Å²) in [6, 6.07) is 21.4. The van der Waals surface area contributed by atoms with Gasteiger partial charge >= 0.3 is 8.56 Å². The summed E-state index contributed by atoms with van der Waals surface area (Å²) in [5.74, 6) is 0. The van der Waals surface area contributed by atoms with E-state index >= 15 is 0 Å². The molecule has 0 radical (unpaired) electrons. The van der Waals surface area contributed by atoms with Crippen LogP contribution in [0.5, 0.6) is 0 Å². The van der Waals surface area contributed by atoms with E-state index in [9.17, 15) is 0 Å². The van der Waals surface area contributed by atoms with Gasteiger partial charge in [-0.1, -0.05) is 132 Å². The molecule has 1 unspecified atom stereocenters. The third-order valence-corrected chi connectivity index (χ3v) is 9.47. The highest BCUT2D eigenvalue weighted by molar-refractivity contribution is 6.92. The van der Waals surface area contributed by atoms with E-state index in [1.807, 2.05) is 0 Å². The van der Waals surface area contributed by atoms with Crippen LogP contribution in [0.1, 0.15) is 91.4 Å². The number of unbranched alkanes of at least 4 members (excludes halogenated alkanes) is 8. The first kappa shape index (κ1) is 25.8. The fraction of sp³-hybridized carbons (Fsp3) is 0.571. The van der Waals surface area contributed by atoms with Gasteiger partial charge in [0.05, 0.1) is 0 Å². The molecule has 0 aliphatic heterocycles. The highest BCUT2D eigenvalue weighted by Gasteiger charge is 2.43. The van der Waals surface area contributed by atoms with Gasteiger partial charge in [0.2, 0.25) is 0 Å². The number of rotatable bonds is 17. The Morgan fingerprint density at radius 3 is 1.68 bits per heavy atom. The lowest BCUT2D eigenvalue weighted by Crippen LogP contribution is -2.64. The van der Waals surface area contributed by atoms with E-state index in [0.717, 1.165) is 19.4 Å². The largest absolute Gasteiger partial charge is 0.407 e. The summed E-state index contributed by atoms with van der Waals surface area (Å²) in [7, 11) is -2.75. The van der Waals surface area contributed by atoms with Gasteiger partial charge in [0.1, 0.15) is 0 Å². The van der Waals surface area contributed by atoms with Crippen molar-refractivity contribution in [2.24, 2.45) is 0 Å². The molecule has 0 bridgehead atoms. The normalized spacial score (nSPS) is 12.7. The maximum Gasteiger partial charge on any atom is 0.407 e. The van der Waals surface area contributed by atoms with Crippen molar-refractivity contribution >= 4 is 18.9 Å². The molecule has 2 aromatic rings. The van der Waals surface area contributed by atoms with Gasteiger partial charge in [-0.05, 0) is 30.1 Å². The van der Waals surface area contributed by atoms with Crippen LogP contribution in [0, 0.1) is 0 Å². The molecule has 0 fully saturated rings. The van der Waals surface area contributed by atoms with Gasteiger partial charge in [0.15, 0.2) is 0 Å². The molecule has 0 aliphatic rings. The third-order valence-electron chi connectivity index (χ3n) is 5.94. The molecule has 0 saturated heterocycles. The number of benzene rings is 2. The molecule has 2 rings (SSSR count). The van der Waals surface area contributed by atoms with Crippen LogP contribution < -0.4 is 10.4 Å².